The molecule has 1 unspecified atom stereocenters. The summed E-state index contributed by atoms with van der Waals surface area (Å²) < 4.78 is 6.37. The summed E-state index contributed by atoms with van der Waals surface area (Å²) in [5.41, 5.74) is 4.30. The predicted molar refractivity (Wildman–Crippen MR) is 202 cm³/mol. The highest BCUT2D eigenvalue weighted by Crippen LogP contribution is 2.55. The van der Waals surface area contributed by atoms with E-state index < -0.39 is 40.5 Å². The number of rotatable bonds is 7. The van der Waals surface area contributed by atoms with E-state index in [9.17, 15) is 34.0 Å². The third-order valence-electron chi connectivity index (χ3n) is 12.2. The van der Waals surface area contributed by atoms with E-state index in [0.29, 0.717) is 54.5 Å². The Labute approximate surface area is 328 Å². The standard InChI is InChI=1S/C42H41ClN6O7/c1-41(2)39(42(3,4)40(41)56-28-8-7-24(17-44)31(43)16-28)46-35(52)23-5-6-25-20-48(12-11-22(25)13-23)34(51)21-47-18-26-14-29-30(15-27(26)19-47)38(55)49(37(29)54)32-9-10-33(50)45-36(32)53/h5-8,13-16,32,39-40H,9-12,18-21H2,1-4H3,(H,46,52)(H,45,50,53). The highest BCUT2D eigenvalue weighted by atomic mass is 35.5. The van der Waals surface area contributed by atoms with Gasteiger partial charge in [0, 0.05) is 61.1 Å². The molecule has 5 aliphatic rings. The van der Waals surface area contributed by atoms with Crippen molar-refractivity contribution in [1.29, 1.82) is 5.26 Å². The Bertz CT molecular complexity index is 2250. The highest BCUT2D eigenvalue weighted by molar-refractivity contribution is 6.31. The van der Waals surface area contributed by atoms with Crippen molar-refractivity contribution in [2.45, 2.75) is 84.8 Å². The third-order valence-corrected chi connectivity index (χ3v) is 12.5. The van der Waals surface area contributed by atoms with Crippen LogP contribution in [0.2, 0.25) is 5.02 Å². The summed E-state index contributed by atoms with van der Waals surface area (Å²) in [7, 11) is 0. The molecule has 4 heterocycles. The molecule has 288 valence electrons. The van der Waals surface area contributed by atoms with Gasteiger partial charge < -0.3 is 15.0 Å². The second-order valence-corrected chi connectivity index (χ2v) is 17.0. The minimum atomic E-state index is -1.02. The van der Waals surface area contributed by atoms with Gasteiger partial charge in [-0.05, 0) is 71.5 Å². The SMILES string of the molecule is CC1(C)C(NC(=O)c2ccc3c(c2)CCN(C(=O)CN2Cc4cc5c(cc4C2)C(=O)N(C2CCC(=O)NC2=O)C5=O)C3)C(C)(C)C1Oc1ccc(C#N)c(Cl)c1. The van der Waals surface area contributed by atoms with Gasteiger partial charge in [-0.25, -0.2) is 0 Å². The van der Waals surface area contributed by atoms with Crippen LogP contribution in [-0.2, 0) is 40.4 Å². The zero-order valence-electron chi connectivity index (χ0n) is 31.5. The minimum absolute atomic E-state index is 0.0384. The fraction of sp³-hybridized carbons (Fsp3) is 0.405. The normalized spacial score (nSPS) is 23.4. The van der Waals surface area contributed by atoms with E-state index in [1.807, 2.05) is 21.9 Å². The van der Waals surface area contributed by atoms with E-state index in [2.05, 4.69) is 44.4 Å². The molecule has 0 bridgehead atoms. The van der Waals surface area contributed by atoms with Gasteiger partial charge in [0.05, 0.1) is 28.3 Å². The number of fused-ring (bicyclic) bond motifs is 3. The van der Waals surface area contributed by atoms with E-state index in [1.165, 1.54) is 0 Å². The first-order chi connectivity index (χ1) is 26.6. The largest absolute Gasteiger partial charge is 0.489 e. The average molecular weight is 777 g/mol. The van der Waals surface area contributed by atoms with E-state index in [0.717, 1.165) is 27.2 Å². The van der Waals surface area contributed by atoms with Crippen LogP contribution in [0.25, 0.3) is 0 Å². The summed E-state index contributed by atoms with van der Waals surface area (Å²) in [6.45, 7) is 10.2. The summed E-state index contributed by atoms with van der Waals surface area (Å²) in [5.74, 6) is -1.82. The summed E-state index contributed by atoms with van der Waals surface area (Å²) in [5, 5.41) is 15.0. The Morgan fingerprint density at radius 1 is 0.893 bits per heavy atom. The maximum atomic E-state index is 13.6. The number of halogens is 1. The van der Waals surface area contributed by atoms with Crippen LogP contribution < -0.4 is 15.4 Å². The van der Waals surface area contributed by atoms with Crippen molar-refractivity contribution in [3.63, 3.8) is 0 Å². The molecule has 0 radical (unpaired) electrons. The van der Waals surface area contributed by atoms with Crippen LogP contribution in [0.3, 0.4) is 0 Å². The second-order valence-electron chi connectivity index (χ2n) is 16.6. The Kier molecular flexibility index (Phi) is 9.05. The van der Waals surface area contributed by atoms with Crippen molar-refractivity contribution in [3.05, 3.63) is 98.1 Å². The number of nitrogens with one attached hydrogen (secondary N) is 2. The molecule has 3 aromatic carbocycles. The Morgan fingerprint density at radius 3 is 2.20 bits per heavy atom. The molecular formula is C42H41ClN6O7. The summed E-state index contributed by atoms with van der Waals surface area (Å²) in [6.07, 6.45) is 0.530. The van der Waals surface area contributed by atoms with Crippen LogP contribution in [0.5, 0.6) is 5.75 Å². The molecule has 3 aromatic rings. The molecule has 2 N–H and O–H groups in total. The number of piperidine rings is 1. The van der Waals surface area contributed by atoms with Gasteiger partial charge in [-0.1, -0.05) is 45.4 Å². The van der Waals surface area contributed by atoms with Gasteiger partial charge in [0.1, 0.15) is 24.0 Å². The fourth-order valence-corrected chi connectivity index (χ4v) is 9.77. The lowest BCUT2D eigenvalue weighted by atomic mass is 9.49. The van der Waals surface area contributed by atoms with Crippen molar-refractivity contribution in [3.8, 4) is 11.8 Å². The topological polar surface area (TPSA) is 169 Å². The first kappa shape index (κ1) is 37.3. The zero-order valence-corrected chi connectivity index (χ0v) is 32.3. The van der Waals surface area contributed by atoms with Crippen LogP contribution in [0.4, 0.5) is 0 Å². The van der Waals surface area contributed by atoms with Gasteiger partial charge in [-0.2, -0.15) is 5.26 Å². The lowest BCUT2D eigenvalue weighted by Gasteiger charge is -2.63. The molecule has 4 aliphatic heterocycles. The van der Waals surface area contributed by atoms with E-state index >= 15 is 0 Å². The van der Waals surface area contributed by atoms with Gasteiger partial charge in [0.2, 0.25) is 17.7 Å². The van der Waals surface area contributed by atoms with Crippen LogP contribution in [0, 0.1) is 22.2 Å². The average Bonchev–Trinajstić information content (AvgIpc) is 3.66. The summed E-state index contributed by atoms with van der Waals surface area (Å²) >= 11 is 6.24. The Balaban J connectivity index is 0.865. The first-order valence-corrected chi connectivity index (χ1v) is 19.1. The number of amides is 6. The van der Waals surface area contributed by atoms with Gasteiger partial charge in [-0.3, -0.25) is 43.9 Å². The smallest absolute Gasteiger partial charge is 0.262 e. The zero-order chi connectivity index (χ0) is 39.8. The highest BCUT2D eigenvalue weighted by Gasteiger charge is 2.64. The van der Waals surface area contributed by atoms with Gasteiger partial charge in [0.25, 0.3) is 17.7 Å². The number of ether oxygens (including phenoxy) is 1. The Hall–Kier alpha value is -5.58. The minimum Gasteiger partial charge on any atom is -0.489 e. The quantitative estimate of drug-likeness (QED) is 0.335. The number of carbonyl (C=O) groups excluding carboxylic acids is 6. The van der Waals surface area contributed by atoms with Crippen LogP contribution >= 0.6 is 11.6 Å². The van der Waals surface area contributed by atoms with Crippen LogP contribution in [0.15, 0.2) is 48.5 Å². The van der Waals surface area contributed by atoms with Crippen LogP contribution in [-0.4, -0.2) is 81.4 Å². The molecule has 1 saturated heterocycles. The molecular weight excluding hydrogens is 736 g/mol. The molecule has 14 heteroatoms. The Morgan fingerprint density at radius 2 is 1.57 bits per heavy atom. The van der Waals surface area contributed by atoms with Gasteiger partial charge in [0.15, 0.2) is 0 Å². The summed E-state index contributed by atoms with van der Waals surface area (Å²) in [4.78, 5) is 82.6. The maximum Gasteiger partial charge on any atom is 0.262 e. The predicted octanol–water partition coefficient (Wildman–Crippen LogP) is 4.13. The molecule has 1 saturated carbocycles. The molecule has 0 aromatic heterocycles. The molecule has 6 amide bonds. The van der Waals surface area contributed by atoms with E-state index in [4.69, 9.17) is 16.3 Å². The lowest BCUT2D eigenvalue weighted by Crippen LogP contribution is -2.74. The van der Waals surface area contributed by atoms with Crippen molar-refractivity contribution in [2.24, 2.45) is 10.8 Å². The fourth-order valence-electron chi connectivity index (χ4n) is 9.56. The molecule has 2 fully saturated rings. The molecule has 1 atom stereocenters. The van der Waals surface area contributed by atoms with Crippen molar-refractivity contribution in [2.75, 3.05) is 13.1 Å². The number of hydrogen-bond donors (Lipinski definition) is 2. The summed E-state index contributed by atoms with van der Waals surface area (Å²) in [6, 6.07) is 14.9. The number of carbonyl (C=O) groups is 6. The van der Waals surface area contributed by atoms with Gasteiger partial charge in [-0.15, -0.1) is 0 Å². The van der Waals surface area contributed by atoms with E-state index in [1.54, 1.807) is 36.4 Å². The molecule has 56 heavy (non-hydrogen) atoms. The number of benzene rings is 3. The molecule has 1 aliphatic carbocycles. The van der Waals surface area contributed by atoms with Crippen molar-refractivity contribution in [1.82, 2.24) is 25.3 Å². The van der Waals surface area contributed by atoms with Crippen molar-refractivity contribution >= 4 is 47.0 Å². The van der Waals surface area contributed by atoms with Gasteiger partial charge >= 0.3 is 0 Å². The third kappa shape index (κ3) is 6.21. The van der Waals surface area contributed by atoms with E-state index in [-0.39, 0.29) is 54.5 Å². The number of hydrogen-bond acceptors (Lipinski definition) is 9. The number of imide groups is 2. The molecule has 0 spiro atoms. The monoisotopic (exact) mass is 776 g/mol. The number of nitrogens with zero attached hydrogens (tertiary/aromatic N) is 4. The lowest BCUT2D eigenvalue weighted by molar-refractivity contribution is -0.164. The second kappa shape index (κ2) is 13.6. The molecule has 13 nitrogen and oxygen atoms in total. The number of nitriles is 1. The first-order valence-electron chi connectivity index (χ1n) is 18.7. The van der Waals surface area contributed by atoms with Crippen molar-refractivity contribution < 1.29 is 33.5 Å². The molecule has 8 rings (SSSR count). The van der Waals surface area contributed by atoms with Crippen LogP contribution in [0.1, 0.15) is 99.4 Å². The maximum absolute atomic E-state index is 13.6.